The van der Waals surface area contributed by atoms with Gasteiger partial charge in [0, 0.05) is 38.9 Å². The molecule has 2 heterocycles. The fraction of sp³-hybridized carbons (Fsp3) is 1.00. The molecule has 4 nitrogen and oxygen atoms in total. The van der Waals surface area contributed by atoms with Crippen LogP contribution in [-0.2, 0) is 9.47 Å². The standard InChI is InChI=1S/C11H22N2O2/c1-13-4-7-15-11(9-13)8-12-10-2-5-14-6-3-10/h10-12H,2-9H2,1H3. The maximum Gasteiger partial charge on any atom is 0.0826 e. The van der Waals surface area contributed by atoms with Gasteiger partial charge in [0.2, 0.25) is 0 Å². The first-order valence-corrected chi connectivity index (χ1v) is 5.96. The van der Waals surface area contributed by atoms with Crippen molar-refractivity contribution in [3.8, 4) is 0 Å². The molecule has 0 spiro atoms. The normalized spacial score (nSPS) is 30.6. The van der Waals surface area contributed by atoms with E-state index in [0.717, 1.165) is 52.3 Å². The molecule has 0 bridgehead atoms. The van der Waals surface area contributed by atoms with Gasteiger partial charge in [-0.05, 0) is 19.9 Å². The zero-order valence-electron chi connectivity index (χ0n) is 9.58. The number of hydrogen-bond donors (Lipinski definition) is 1. The third-order valence-corrected chi connectivity index (χ3v) is 3.20. The van der Waals surface area contributed by atoms with E-state index in [4.69, 9.17) is 9.47 Å². The van der Waals surface area contributed by atoms with Crippen LogP contribution in [0.2, 0.25) is 0 Å². The fourth-order valence-corrected chi connectivity index (χ4v) is 2.19. The number of nitrogens with zero attached hydrogens (tertiary/aromatic N) is 1. The van der Waals surface area contributed by atoms with Crippen LogP contribution in [0.1, 0.15) is 12.8 Å². The van der Waals surface area contributed by atoms with Crippen LogP contribution < -0.4 is 5.32 Å². The van der Waals surface area contributed by atoms with Gasteiger partial charge in [0.05, 0.1) is 12.7 Å². The van der Waals surface area contributed by atoms with Crippen LogP contribution >= 0.6 is 0 Å². The van der Waals surface area contributed by atoms with Gasteiger partial charge < -0.3 is 19.7 Å². The van der Waals surface area contributed by atoms with E-state index in [1.165, 1.54) is 0 Å². The van der Waals surface area contributed by atoms with Gasteiger partial charge in [0.25, 0.3) is 0 Å². The van der Waals surface area contributed by atoms with Crippen molar-refractivity contribution in [1.29, 1.82) is 0 Å². The van der Waals surface area contributed by atoms with Crippen molar-refractivity contribution >= 4 is 0 Å². The van der Waals surface area contributed by atoms with E-state index in [1.54, 1.807) is 0 Å². The van der Waals surface area contributed by atoms with Crippen molar-refractivity contribution in [2.24, 2.45) is 0 Å². The maximum atomic E-state index is 5.70. The number of morpholine rings is 1. The van der Waals surface area contributed by atoms with E-state index < -0.39 is 0 Å². The smallest absolute Gasteiger partial charge is 0.0826 e. The minimum Gasteiger partial charge on any atom is -0.381 e. The first kappa shape index (κ1) is 11.3. The summed E-state index contributed by atoms with van der Waals surface area (Å²) in [5.74, 6) is 0. The lowest BCUT2D eigenvalue weighted by Crippen LogP contribution is -2.47. The lowest BCUT2D eigenvalue weighted by atomic mass is 10.1. The Hall–Kier alpha value is -0.160. The van der Waals surface area contributed by atoms with Gasteiger partial charge in [-0.1, -0.05) is 0 Å². The largest absolute Gasteiger partial charge is 0.381 e. The molecular formula is C11H22N2O2. The van der Waals surface area contributed by atoms with Crippen molar-refractivity contribution < 1.29 is 9.47 Å². The number of likely N-dealkylation sites (N-methyl/N-ethyl adjacent to an activating group) is 1. The molecule has 2 saturated heterocycles. The molecule has 1 unspecified atom stereocenters. The molecule has 2 rings (SSSR count). The molecule has 1 atom stereocenters. The predicted octanol–water partition coefficient (Wildman–Crippen LogP) is 0.0856. The summed E-state index contributed by atoms with van der Waals surface area (Å²) in [4.78, 5) is 2.33. The Morgan fingerprint density at radius 3 is 2.80 bits per heavy atom. The Kier molecular flexibility index (Phi) is 4.38. The minimum absolute atomic E-state index is 0.367. The molecular weight excluding hydrogens is 192 g/mol. The number of rotatable bonds is 3. The van der Waals surface area contributed by atoms with Gasteiger partial charge in [0.15, 0.2) is 0 Å². The lowest BCUT2D eigenvalue weighted by molar-refractivity contribution is -0.0216. The van der Waals surface area contributed by atoms with Crippen molar-refractivity contribution in [3.63, 3.8) is 0 Å². The molecule has 0 radical (unpaired) electrons. The highest BCUT2D eigenvalue weighted by atomic mass is 16.5. The third-order valence-electron chi connectivity index (χ3n) is 3.20. The Labute approximate surface area is 91.9 Å². The van der Waals surface area contributed by atoms with Crippen molar-refractivity contribution in [3.05, 3.63) is 0 Å². The van der Waals surface area contributed by atoms with Crippen LogP contribution in [0.15, 0.2) is 0 Å². The van der Waals surface area contributed by atoms with Gasteiger partial charge in [-0.2, -0.15) is 0 Å². The summed E-state index contributed by atoms with van der Waals surface area (Å²) in [7, 11) is 2.16. The van der Waals surface area contributed by atoms with Crippen LogP contribution in [0.25, 0.3) is 0 Å². The Balaban J connectivity index is 1.63. The minimum atomic E-state index is 0.367. The Morgan fingerprint density at radius 2 is 2.07 bits per heavy atom. The van der Waals surface area contributed by atoms with Gasteiger partial charge in [-0.3, -0.25) is 0 Å². The van der Waals surface area contributed by atoms with Gasteiger partial charge in [-0.25, -0.2) is 0 Å². The first-order chi connectivity index (χ1) is 7.34. The van der Waals surface area contributed by atoms with Crippen molar-refractivity contribution in [2.75, 3.05) is 46.5 Å². The maximum absolute atomic E-state index is 5.70. The van der Waals surface area contributed by atoms with Crippen molar-refractivity contribution in [1.82, 2.24) is 10.2 Å². The number of nitrogens with one attached hydrogen (secondary N) is 1. The zero-order valence-corrected chi connectivity index (χ0v) is 9.58. The van der Waals surface area contributed by atoms with E-state index >= 15 is 0 Å². The quantitative estimate of drug-likeness (QED) is 0.722. The van der Waals surface area contributed by atoms with E-state index in [9.17, 15) is 0 Å². The van der Waals surface area contributed by atoms with E-state index in [-0.39, 0.29) is 0 Å². The molecule has 0 aromatic heterocycles. The molecule has 88 valence electrons. The molecule has 2 fully saturated rings. The van der Waals surface area contributed by atoms with Gasteiger partial charge >= 0.3 is 0 Å². The summed E-state index contributed by atoms with van der Waals surface area (Å²) in [6, 6.07) is 0.634. The van der Waals surface area contributed by atoms with E-state index in [1.807, 2.05) is 0 Å². The summed E-state index contributed by atoms with van der Waals surface area (Å²) < 4.78 is 11.0. The summed E-state index contributed by atoms with van der Waals surface area (Å²) >= 11 is 0. The summed E-state index contributed by atoms with van der Waals surface area (Å²) in [5.41, 5.74) is 0. The van der Waals surface area contributed by atoms with Crippen LogP contribution in [-0.4, -0.2) is 63.5 Å². The molecule has 0 amide bonds. The zero-order chi connectivity index (χ0) is 10.5. The van der Waals surface area contributed by atoms with Gasteiger partial charge in [-0.15, -0.1) is 0 Å². The van der Waals surface area contributed by atoms with Crippen LogP contribution in [0.3, 0.4) is 0 Å². The highest BCUT2D eigenvalue weighted by Gasteiger charge is 2.19. The molecule has 15 heavy (non-hydrogen) atoms. The molecule has 2 aliphatic heterocycles. The second-order valence-corrected chi connectivity index (χ2v) is 4.55. The predicted molar refractivity (Wildman–Crippen MR) is 59.1 cm³/mol. The number of hydrogen-bond acceptors (Lipinski definition) is 4. The highest BCUT2D eigenvalue weighted by molar-refractivity contribution is 4.76. The van der Waals surface area contributed by atoms with Gasteiger partial charge in [0.1, 0.15) is 0 Å². The molecule has 2 aliphatic rings. The molecule has 0 saturated carbocycles. The van der Waals surface area contributed by atoms with E-state index in [0.29, 0.717) is 12.1 Å². The summed E-state index contributed by atoms with van der Waals surface area (Å²) in [6.07, 6.45) is 2.65. The van der Waals surface area contributed by atoms with E-state index in [2.05, 4.69) is 17.3 Å². The topological polar surface area (TPSA) is 33.7 Å². The van der Waals surface area contributed by atoms with Crippen LogP contribution in [0, 0.1) is 0 Å². The second kappa shape index (κ2) is 5.80. The molecule has 0 aromatic rings. The van der Waals surface area contributed by atoms with Crippen LogP contribution in [0.5, 0.6) is 0 Å². The SMILES string of the molecule is CN1CCOC(CNC2CCOCC2)C1. The van der Waals surface area contributed by atoms with Crippen molar-refractivity contribution in [2.45, 2.75) is 25.0 Å². The van der Waals surface area contributed by atoms with Crippen LogP contribution in [0.4, 0.5) is 0 Å². The first-order valence-electron chi connectivity index (χ1n) is 5.96. The average Bonchev–Trinajstić information content (AvgIpc) is 2.28. The fourth-order valence-electron chi connectivity index (χ4n) is 2.19. The summed E-state index contributed by atoms with van der Waals surface area (Å²) in [5, 5.41) is 3.58. The lowest BCUT2D eigenvalue weighted by Gasteiger charge is -2.32. The monoisotopic (exact) mass is 214 g/mol. The second-order valence-electron chi connectivity index (χ2n) is 4.55. The molecule has 0 aliphatic carbocycles. The Bertz CT molecular complexity index is 183. The number of ether oxygens (including phenoxy) is 2. The molecule has 1 N–H and O–H groups in total. The summed E-state index contributed by atoms with van der Waals surface area (Å²) in [6.45, 7) is 5.78. The highest BCUT2D eigenvalue weighted by Crippen LogP contribution is 2.07. The molecule has 4 heteroatoms. The average molecular weight is 214 g/mol. The molecule has 0 aromatic carbocycles. The third kappa shape index (κ3) is 3.72. The Morgan fingerprint density at radius 1 is 1.27 bits per heavy atom.